The van der Waals surface area contributed by atoms with Crippen LogP contribution in [0.25, 0.3) is 10.6 Å². The van der Waals surface area contributed by atoms with Crippen LogP contribution in [0, 0.1) is 17.5 Å². The van der Waals surface area contributed by atoms with E-state index < -0.39 is 26.6 Å². The Bertz CT molecular complexity index is 1040. The zero-order chi connectivity index (χ0) is 18.7. The fraction of sp³-hybridized carbons (Fsp3) is 0.118. The van der Waals surface area contributed by atoms with Crippen LogP contribution >= 0.6 is 11.3 Å². The summed E-state index contributed by atoms with van der Waals surface area (Å²) in [5.74, 6) is -2.24. The first-order chi connectivity index (χ1) is 12.3. The molecule has 3 rings (SSSR count). The van der Waals surface area contributed by atoms with Crippen LogP contribution in [0.4, 0.5) is 13.2 Å². The minimum Gasteiger partial charge on any atom is -0.241 e. The highest BCUT2D eigenvalue weighted by Gasteiger charge is 2.19. The monoisotopic (exact) mass is 398 g/mol. The van der Waals surface area contributed by atoms with E-state index in [1.807, 2.05) is 0 Å². The van der Waals surface area contributed by atoms with Crippen molar-refractivity contribution in [2.24, 2.45) is 0 Å². The van der Waals surface area contributed by atoms with Crippen molar-refractivity contribution in [3.63, 3.8) is 0 Å². The SMILES string of the molecule is O=S(=O)(NCCc1csc(-c2cccc(F)c2)n1)c1cc(F)ccc1F. The van der Waals surface area contributed by atoms with Crippen molar-refractivity contribution in [1.29, 1.82) is 0 Å². The third-order valence-corrected chi connectivity index (χ3v) is 5.90. The van der Waals surface area contributed by atoms with Gasteiger partial charge in [-0.15, -0.1) is 11.3 Å². The number of nitrogens with zero attached hydrogens (tertiary/aromatic N) is 1. The van der Waals surface area contributed by atoms with Crippen LogP contribution in [0.1, 0.15) is 5.69 Å². The van der Waals surface area contributed by atoms with Gasteiger partial charge >= 0.3 is 0 Å². The van der Waals surface area contributed by atoms with Crippen molar-refractivity contribution in [3.8, 4) is 10.6 Å². The van der Waals surface area contributed by atoms with Crippen LogP contribution in [0.15, 0.2) is 52.7 Å². The number of aromatic nitrogens is 1. The van der Waals surface area contributed by atoms with Gasteiger partial charge in [-0.2, -0.15) is 0 Å². The normalized spacial score (nSPS) is 11.7. The van der Waals surface area contributed by atoms with E-state index in [9.17, 15) is 21.6 Å². The Labute approximate surface area is 152 Å². The number of nitrogens with one attached hydrogen (secondary N) is 1. The van der Waals surface area contributed by atoms with Crippen LogP contribution in [-0.2, 0) is 16.4 Å². The van der Waals surface area contributed by atoms with Crippen molar-refractivity contribution in [3.05, 3.63) is 71.0 Å². The number of halogens is 3. The smallest absolute Gasteiger partial charge is 0.241 e. The Morgan fingerprint density at radius 2 is 1.81 bits per heavy atom. The number of sulfonamides is 1. The summed E-state index contributed by atoms with van der Waals surface area (Å²) in [6, 6.07) is 8.22. The van der Waals surface area contributed by atoms with E-state index in [1.165, 1.54) is 23.5 Å². The second-order valence-corrected chi connectivity index (χ2v) is 7.97. The Balaban J connectivity index is 1.66. The van der Waals surface area contributed by atoms with Gasteiger partial charge in [-0.3, -0.25) is 0 Å². The fourth-order valence-electron chi connectivity index (χ4n) is 2.25. The molecule has 1 aromatic heterocycles. The molecule has 1 heterocycles. The first-order valence-electron chi connectivity index (χ1n) is 7.50. The second kappa shape index (κ2) is 7.56. The van der Waals surface area contributed by atoms with Gasteiger partial charge in [0.1, 0.15) is 27.4 Å². The molecule has 0 amide bonds. The van der Waals surface area contributed by atoms with Crippen LogP contribution in [-0.4, -0.2) is 19.9 Å². The standard InChI is InChI=1S/C17H13F3N2O2S2/c18-12-3-1-2-11(8-12)17-22-14(10-25-17)6-7-21-26(23,24)16-9-13(19)4-5-15(16)20/h1-5,8-10,21H,6-7H2. The quantitative estimate of drug-likeness (QED) is 0.688. The third-order valence-electron chi connectivity index (χ3n) is 3.48. The van der Waals surface area contributed by atoms with E-state index in [0.717, 1.165) is 12.1 Å². The highest BCUT2D eigenvalue weighted by Crippen LogP contribution is 2.24. The first-order valence-corrected chi connectivity index (χ1v) is 9.86. The molecule has 0 saturated heterocycles. The number of hydrogen-bond acceptors (Lipinski definition) is 4. The fourth-order valence-corrected chi connectivity index (χ4v) is 4.22. The number of rotatable bonds is 6. The zero-order valence-electron chi connectivity index (χ0n) is 13.2. The second-order valence-electron chi connectivity index (χ2n) is 5.38. The minimum atomic E-state index is -4.17. The molecule has 0 spiro atoms. The highest BCUT2D eigenvalue weighted by molar-refractivity contribution is 7.89. The number of hydrogen-bond donors (Lipinski definition) is 1. The van der Waals surface area contributed by atoms with E-state index >= 15 is 0 Å². The number of benzene rings is 2. The van der Waals surface area contributed by atoms with Crippen LogP contribution in [0.5, 0.6) is 0 Å². The van der Waals surface area contributed by atoms with Gasteiger partial charge in [-0.05, 0) is 30.3 Å². The molecule has 0 unspecified atom stereocenters. The molecule has 0 radical (unpaired) electrons. The van der Waals surface area contributed by atoms with Gasteiger partial charge in [0.05, 0.1) is 5.69 Å². The predicted molar refractivity (Wildman–Crippen MR) is 92.8 cm³/mol. The zero-order valence-corrected chi connectivity index (χ0v) is 14.9. The molecule has 0 saturated carbocycles. The van der Waals surface area contributed by atoms with Gasteiger partial charge in [0, 0.05) is 23.9 Å². The summed E-state index contributed by atoms with van der Waals surface area (Å²) in [6.45, 7) is -0.0371. The molecule has 0 fully saturated rings. The van der Waals surface area contributed by atoms with Gasteiger partial charge in [-0.25, -0.2) is 31.3 Å². The summed E-state index contributed by atoms with van der Waals surface area (Å²) >= 11 is 1.31. The molecule has 0 atom stereocenters. The summed E-state index contributed by atoms with van der Waals surface area (Å²) < 4.78 is 66.4. The van der Waals surface area contributed by atoms with Crippen molar-refractivity contribution in [2.75, 3.05) is 6.54 Å². The molecule has 1 N–H and O–H groups in total. The molecule has 26 heavy (non-hydrogen) atoms. The number of thiazole rings is 1. The van der Waals surface area contributed by atoms with Crippen LogP contribution in [0.3, 0.4) is 0 Å². The van der Waals surface area contributed by atoms with E-state index in [-0.39, 0.29) is 18.8 Å². The molecule has 2 aromatic carbocycles. The van der Waals surface area contributed by atoms with E-state index in [4.69, 9.17) is 0 Å². The lowest BCUT2D eigenvalue weighted by molar-refractivity contribution is 0.546. The average Bonchev–Trinajstić information content (AvgIpc) is 3.06. The lowest BCUT2D eigenvalue weighted by atomic mass is 10.2. The Morgan fingerprint density at radius 1 is 1.04 bits per heavy atom. The molecular weight excluding hydrogens is 385 g/mol. The molecule has 9 heteroatoms. The minimum absolute atomic E-state index is 0.0371. The van der Waals surface area contributed by atoms with Gasteiger partial charge in [0.15, 0.2) is 0 Å². The van der Waals surface area contributed by atoms with Crippen LogP contribution in [0.2, 0.25) is 0 Å². The van der Waals surface area contributed by atoms with Crippen molar-refractivity contribution < 1.29 is 21.6 Å². The van der Waals surface area contributed by atoms with E-state index in [2.05, 4.69) is 9.71 Å². The Morgan fingerprint density at radius 3 is 2.58 bits per heavy atom. The van der Waals surface area contributed by atoms with E-state index in [1.54, 1.807) is 17.5 Å². The predicted octanol–water partition coefficient (Wildman–Crippen LogP) is 3.75. The molecule has 0 aliphatic heterocycles. The molecule has 0 aliphatic carbocycles. The van der Waals surface area contributed by atoms with Crippen molar-refractivity contribution >= 4 is 21.4 Å². The summed E-state index contributed by atoms with van der Waals surface area (Å²) in [6.07, 6.45) is 0.252. The van der Waals surface area contributed by atoms with Gasteiger partial charge in [-0.1, -0.05) is 12.1 Å². The lowest BCUT2D eigenvalue weighted by Crippen LogP contribution is -2.27. The van der Waals surface area contributed by atoms with Crippen molar-refractivity contribution in [1.82, 2.24) is 9.71 Å². The maximum absolute atomic E-state index is 13.6. The molecule has 3 aromatic rings. The first kappa shape index (κ1) is 18.6. The topological polar surface area (TPSA) is 59.1 Å². The summed E-state index contributed by atoms with van der Waals surface area (Å²) in [5, 5.41) is 2.34. The van der Waals surface area contributed by atoms with Crippen molar-refractivity contribution in [2.45, 2.75) is 11.3 Å². The molecule has 4 nitrogen and oxygen atoms in total. The molecule has 0 bridgehead atoms. The largest absolute Gasteiger partial charge is 0.243 e. The highest BCUT2D eigenvalue weighted by atomic mass is 32.2. The summed E-state index contributed by atoms with van der Waals surface area (Å²) in [5.41, 5.74) is 1.24. The lowest BCUT2D eigenvalue weighted by Gasteiger charge is -2.07. The van der Waals surface area contributed by atoms with Gasteiger partial charge in [0.25, 0.3) is 0 Å². The maximum Gasteiger partial charge on any atom is 0.243 e. The molecule has 0 aliphatic rings. The Kier molecular flexibility index (Phi) is 5.40. The maximum atomic E-state index is 13.6. The summed E-state index contributed by atoms with van der Waals surface area (Å²) in [4.78, 5) is 3.59. The third kappa shape index (κ3) is 4.29. The molecule has 136 valence electrons. The average molecular weight is 398 g/mol. The molecular formula is C17H13F3N2O2S2. The summed E-state index contributed by atoms with van der Waals surface area (Å²) in [7, 11) is -4.17. The van der Waals surface area contributed by atoms with Crippen LogP contribution < -0.4 is 4.72 Å². The van der Waals surface area contributed by atoms with E-state index in [0.29, 0.717) is 22.3 Å². The van der Waals surface area contributed by atoms with Gasteiger partial charge < -0.3 is 0 Å². The van der Waals surface area contributed by atoms with Gasteiger partial charge in [0.2, 0.25) is 10.0 Å². The Hall–Kier alpha value is -2.23.